The summed E-state index contributed by atoms with van der Waals surface area (Å²) in [5, 5.41) is 0. The lowest BCUT2D eigenvalue weighted by molar-refractivity contribution is 0.188. The van der Waals surface area contributed by atoms with Gasteiger partial charge in [-0.1, -0.05) is 36.4 Å². The van der Waals surface area contributed by atoms with Crippen LogP contribution in [0, 0.1) is 0 Å². The molecule has 1 unspecified atom stereocenters. The Morgan fingerprint density at radius 1 is 0.962 bits per heavy atom. The minimum Gasteiger partial charge on any atom is -0.354 e. The molecule has 1 atom stereocenters. The van der Waals surface area contributed by atoms with E-state index in [0.29, 0.717) is 13.1 Å². The van der Waals surface area contributed by atoms with Gasteiger partial charge >= 0.3 is 0 Å². The van der Waals surface area contributed by atoms with Crippen molar-refractivity contribution in [2.45, 2.75) is 12.6 Å². The van der Waals surface area contributed by atoms with E-state index < -0.39 is 10.0 Å². The number of pyridine rings is 1. The molecule has 6 nitrogen and oxygen atoms in total. The van der Waals surface area contributed by atoms with Crippen LogP contribution in [-0.2, 0) is 16.6 Å². The van der Waals surface area contributed by atoms with Gasteiger partial charge in [-0.3, -0.25) is 4.90 Å². The van der Waals surface area contributed by atoms with Gasteiger partial charge in [0.15, 0.2) is 0 Å². The first-order valence-corrected chi connectivity index (χ1v) is 10.6. The molecular formula is C19H24N4O2S. The largest absolute Gasteiger partial charge is 0.354 e. The van der Waals surface area contributed by atoms with Crippen LogP contribution in [-0.4, -0.2) is 67.1 Å². The van der Waals surface area contributed by atoms with E-state index in [2.05, 4.69) is 14.8 Å². The summed E-state index contributed by atoms with van der Waals surface area (Å²) in [5.74, 6) is 1.22. The highest BCUT2D eigenvalue weighted by molar-refractivity contribution is 7.89. The SMILES string of the molecule is O=S1(=O)CC(N2CCN(c3ccccn3)CC2)CN1Cc1ccccc1. The van der Waals surface area contributed by atoms with Gasteiger partial charge in [-0.2, -0.15) is 4.31 Å². The molecule has 2 saturated heterocycles. The average Bonchev–Trinajstić information content (AvgIpc) is 2.98. The Morgan fingerprint density at radius 3 is 2.38 bits per heavy atom. The molecule has 2 fully saturated rings. The molecule has 1 aromatic carbocycles. The Labute approximate surface area is 155 Å². The van der Waals surface area contributed by atoms with Gasteiger partial charge < -0.3 is 4.90 Å². The highest BCUT2D eigenvalue weighted by Gasteiger charge is 2.39. The summed E-state index contributed by atoms with van der Waals surface area (Å²) in [4.78, 5) is 9.00. The Balaban J connectivity index is 1.37. The second-order valence-corrected chi connectivity index (χ2v) is 8.94. The van der Waals surface area contributed by atoms with E-state index in [0.717, 1.165) is 37.6 Å². The number of anilines is 1. The van der Waals surface area contributed by atoms with Crippen molar-refractivity contribution in [1.29, 1.82) is 0 Å². The number of rotatable bonds is 4. The molecule has 2 aliphatic heterocycles. The number of sulfonamides is 1. The molecule has 0 aliphatic carbocycles. The molecular weight excluding hydrogens is 348 g/mol. The second-order valence-electron chi connectivity index (χ2n) is 6.92. The lowest BCUT2D eigenvalue weighted by atomic mass is 10.2. The standard InChI is InChI=1S/C19H24N4O2S/c24-26(25)16-18(15-23(26)14-17-6-2-1-3-7-17)21-10-12-22(13-11-21)19-8-4-5-9-20-19/h1-9,18H,10-16H2. The summed E-state index contributed by atoms with van der Waals surface area (Å²) in [7, 11) is -3.18. The van der Waals surface area contributed by atoms with Crippen molar-refractivity contribution in [3.8, 4) is 0 Å². The number of hydrogen-bond acceptors (Lipinski definition) is 5. The van der Waals surface area contributed by atoms with Crippen molar-refractivity contribution < 1.29 is 8.42 Å². The van der Waals surface area contributed by atoms with Crippen LogP contribution in [0.5, 0.6) is 0 Å². The summed E-state index contributed by atoms with van der Waals surface area (Å²) < 4.78 is 26.8. The number of benzene rings is 1. The highest BCUT2D eigenvalue weighted by Crippen LogP contribution is 2.23. The van der Waals surface area contributed by atoms with Crippen molar-refractivity contribution in [3.05, 3.63) is 60.3 Å². The van der Waals surface area contributed by atoms with E-state index >= 15 is 0 Å². The summed E-state index contributed by atoms with van der Waals surface area (Å²) in [6, 6.07) is 15.8. The molecule has 26 heavy (non-hydrogen) atoms. The molecule has 2 aromatic rings. The van der Waals surface area contributed by atoms with Crippen LogP contribution in [0.3, 0.4) is 0 Å². The van der Waals surface area contributed by atoms with Crippen LogP contribution >= 0.6 is 0 Å². The fraction of sp³-hybridized carbons (Fsp3) is 0.421. The Kier molecular flexibility index (Phi) is 4.93. The Morgan fingerprint density at radius 2 is 1.69 bits per heavy atom. The minimum atomic E-state index is -3.18. The average molecular weight is 372 g/mol. The predicted molar refractivity (Wildman–Crippen MR) is 102 cm³/mol. The smallest absolute Gasteiger partial charge is 0.216 e. The summed E-state index contributed by atoms with van der Waals surface area (Å²) in [6.07, 6.45) is 1.81. The maximum Gasteiger partial charge on any atom is 0.216 e. The number of aromatic nitrogens is 1. The van der Waals surface area contributed by atoms with E-state index in [1.807, 2.05) is 54.7 Å². The zero-order valence-electron chi connectivity index (χ0n) is 14.7. The summed E-state index contributed by atoms with van der Waals surface area (Å²) in [6.45, 7) is 4.55. The van der Waals surface area contributed by atoms with Gasteiger partial charge in [-0.25, -0.2) is 13.4 Å². The third kappa shape index (κ3) is 3.75. The molecule has 7 heteroatoms. The maximum atomic E-state index is 12.6. The van der Waals surface area contributed by atoms with Crippen molar-refractivity contribution >= 4 is 15.8 Å². The molecule has 0 radical (unpaired) electrons. The van der Waals surface area contributed by atoms with E-state index in [4.69, 9.17) is 0 Å². The first kappa shape index (κ1) is 17.5. The zero-order valence-corrected chi connectivity index (χ0v) is 15.6. The first-order valence-electron chi connectivity index (χ1n) is 9.03. The van der Waals surface area contributed by atoms with Crippen LogP contribution in [0.4, 0.5) is 5.82 Å². The van der Waals surface area contributed by atoms with Gasteiger partial charge in [-0.15, -0.1) is 0 Å². The molecule has 0 amide bonds. The topological polar surface area (TPSA) is 56.8 Å². The van der Waals surface area contributed by atoms with E-state index in [1.165, 1.54) is 0 Å². The van der Waals surface area contributed by atoms with Gasteiger partial charge in [-0.05, 0) is 17.7 Å². The van der Waals surface area contributed by atoms with Crippen LogP contribution < -0.4 is 4.90 Å². The fourth-order valence-corrected chi connectivity index (χ4v) is 5.54. The molecule has 3 heterocycles. The molecule has 0 N–H and O–H groups in total. The molecule has 0 spiro atoms. The monoisotopic (exact) mass is 372 g/mol. The van der Waals surface area contributed by atoms with Gasteiger partial charge in [0.25, 0.3) is 0 Å². The molecule has 1 aromatic heterocycles. The highest BCUT2D eigenvalue weighted by atomic mass is 32.2. The zero-order chi connectivity index (χ0) is 18.0. The third-order valence-electron chi connectivity index (χ3n) is 5.22. The molecule has 138 valence electrons. The second kappa shape index (κ2) is 7.34. The van der Waals surface area contributed by atoms with Gasteiger partial charge in [0.05, 0.1) is 5.75 Å². The molecule has 0 bridgehead atoms. The van der Waals surface area contributed by atoms with Crippen LogP contribution in [0.2, 0.25) is 0 Å². The Bertz CT molecular complexity index is 821. The van der Waals surface area contributed by atoms with Crippen molar-refractivity contribution in [1.82, 2.24) is 14.2 Å². The summed E-state index contributed by atoms with van der Waals surface area (Å²) >= 11 is 0. The normalized spacial score (nSPS) is 24.0. The van der Waals surface area contributed by atoms with Crippen LogP contribution in [0.15, 0.2) is 54.7 Å². The van der Waals surface area contributed by atoms with E-state index in [1.54, 1.807) is 4.31 Å². The van der Waals surface area contributed by atoms with E-state index in [-0.39, 0.29) is 11.8 Å². The van der Waals surface area contributed by atoms with Gasteiger partial charge in [0.2, 0.25) is 10.0 Å². The van der Waals surface area contributed by atoms with Crippen molar-refractivity contribution in [3.63, 3.8) is 0 Å². The molecule has 4 rings (SSSR count). The van der Waals surface area contributed by atoms with Crippen molar-refractivity contribution in [2.75, 3.05) is 43.4 Å². The van der Waals surface area contributed by atoms with Crippen LogP contribution in [0.25, 0.3) is 0 Å². The predicted octanol–water partition coefficient (Wildman–Crippen LogP) is 1.42. The third-order valence-corrected chi connectivity index (χ3v) is 7.09. The lowest BCUT2D eigenvalue weighted by Crippen LogP contribution is -2.52. The van der Waals surface area contributed by atoms with Gasteiger partial charge in [0, 0.05) is 51.5 Å². The summed E-state index contributed by atoms with van der Waals surface area (Å²) in [5.41, 5.74) is 1.04. The van der Waals surface area contributed by atoms with E-state index in [9.17, 15) is 8.42 Å². The maximum absolute atomic E-state index is 12.6. The number of hydrogen-bond donors (Lipinski definition) is 0. The minimum absolute atomic E-state index is 0.0783. The first-order chi connectivity index (χ1) is 12.6. The molecule has 0 saturated carbocycles. The van der Waals surface area contributed by atoms with Crippen LogP contribution in [0.1, 0.15) is 5.56 Å². The van der Waals surface area contributed by atoms with Crippen molar-refractivity contribution in [2.24, 2.45) is 0 Å². The molecule has 2 aliphatic rings. The number of nitrogens with zero attached hydrogens (tertiary/aromatic N) is 4. The van der Waals surface area contributed by atoms with Gasteiger partial charge in [0.1, 0.15) is 5.82 Å². The fourth-order valence-electron chi connectivity index (χ4n) is 3.78. The quantitative estimate of drug-likeness (QED) is 0.812. The lowest BCUT2D eigenvalue weighted by Gasteiger charge is -2.38. The number of piperazine rings is 1. The Hall–Kier alpha value is -1.96.